The molecule has 0 aliphatic carbocycles. The summed E-state index contributed by atoms with van der Waals surface area (Å²) in [6, 6.07) is 0. The fourth-order valence-corrected chi connectivity index (χ4v) is 2.58. The van der Waals surface area contributed by atoms with Crippen molar-refractivity contribution in [3.8, 4) is 0 Å². The molecule has 0 amide bonds. The van der Waals surface area contributed by atoms with Gasteiger partial charge in [-0.3, -0.25) is 9.59 Å². The molecule has 1 saturated heterocycles. The minimum absolute atomic E-state index is 0.407. The summed E-state index contributed by atoms with van der Waals surface area (Å²) in [6.07, 6.45) is 19.3. The number of hydrogen-bond donors (Lipinski definition) is 0. The molecule has 0 N–H and O–H groups in total. The van der Waals surface area contributed by atoms with E-state index >= 15 is 0 Å². The van der Waals surface area contributed by atoms with Crippen LogP contribution < -0.4 is 0 Å². The number of carbonyl (C=O) groups is 2. The fourth-order valence-electron chi connectivity index (χ4n) is 2.58. The fraction of sp³-hybridized carbons (Fsp3) is 0.778. The van der Waals surface area contributed by atoms with E-state index < -0.39 is 17.9 Å². The Balaban J connectivity index is 1.79. The number of esters is 2. The summed E-state index contributed by atoms with van der Waals surface area (Å²) in [7, 11) is 0. The third-order valence-electron chi connectivity index (χ3n) is 4.01. The first-order chi connectivity index (χ1) is 10.3. The lowest BCUT2D eigenvalue weighted by Gasteiger charge is -2.17. The molecule has 0 spiro atoms. The molecule has 0 saturated carbocycles. The van der Waals surface area contributed by atoms with Gasteiger partial charge in [0.2, 0.25) is 0 Å². The van der Waals surface area contributed by atoms with Crippen molar-refractivity contribution >= 4 is 11.9 Å². The van der Waals surface area contributed by atoms with E-state index in [1.165, 1.54) is 64.2 Å². The van der Waals surface area contributed by atoms with Crippen LogP contribution in [0.15, 0.2) is 12.2 Å². The number of cyclic esters (lactones) is 2. The van der Waals surface area contributed by atoms with E-state index in [1.54, 1.807) is 6.08 Å². The first kappa shape index (κ1) is 17.9. The first-order valence-electron chi connectivity index (χ1n) is 8.68. The van der Waals surface area contributed by atoms with Crippen molar-refractivity contribution in [2.45, 2.75) is 84.0 Å². The van der Waals surface area contributed by atoms with Gasteiger partial charge in [0.05, 0.1) is 0 Å². The van der Waals surface area contributed by atoms with Gasteiger partial charge in [-0.1, -0.05) is 83.3 Å². The second-order valence-corrected chi connectivity index (χ2v) is 5.97. The van der Waals surface area contributed by atoms with E-state index in [4.69, 9.17) is 0 Å². The van der Waals surface area contributed by atoms with E-state index in [-0.39, 0.29) is 0 Å². The van der Waals surface area contributed by atoms with Gasteiger partial charge in [-0.2, -0.15) is 0 Å². The van der Waals surface area contributed by atoms with Gasteiger partial charge in [0.15, 0.2) is 5.92 Å². The maximum Gasteiger partial charge on any atom is 0.331 e. The molecule has 0 aromatic rings. The Labute approximate surface area is 129 Å². The molecule has 0 unspecified atom stereocenters. The van der Waals surface area contributed by atoms with Crippen LogP contribution in [-0.4, -0.2) is 11.9 Å². The van der Waals surface area contributed by atoms with Crippen molar-refractivity contribution in [2.24, 2.45) is 5.92 Å². The van der Waals surface area contributed by atoms with Crippen molar-refractivity contribution in [3.05, 3.63) is 12.2 Å². The molecular weight excluding hydrogens is 264 g/mol. The Kier molecular flexibility index (Phi) is 9.84. The summed E-state index contributed by atoms with van der Waals surface area (Å²) in [5.41, 5.74) is 0. The van der Waals surface area contributed by atoms with E-state index in [1.807, 2.05) is 6.08 Å². The van der Waals surface area contributed by atoms with Gasteiger partial charge in [0.1, 0.15) is 0 Å². The Morgan fingerprint density at radius 2 is 1.29 bits per heavy atom. The van der Waals surface area contributed by atoms with E-state index in [0.29, 0.717) is 0 Å². The zero-order valence-corrected chi connectivity index (χ0v) is 13.4. The summed E-state index contributed by atoms with van der Waals surface area (Å²) in [4.78, 5) is 21.8. The first-order valence-corrected chi connectivity index (χ1v) is 8.68. The van der Waals surface area contributed by atoms with E-state index in [9.17, 15) is 9.59 Å². The monoisotopic (exact) mass is 294 g/mol. The lowest BCUT2D eigenvalue weighted by atomic mass is 10.0. The molecule has 1 aliphatic heterocycles. The number of hydrogen-bond acceptors (Lipinski definition) is 3. The zero-order valence-electron chi connectivity index (χ0n) is 13.4. The normalized spacial score (nSPS) is 15.5. The quantitative estimate of drug-likeness (QED) is 0.209. The minimum Gasteiger partial charge on any atom is -0.391 e. The predicted octanol–water partition coefficient (Wildman–Crippen LogP) is 4.94. The van der Waals surface area contributed by atoms with E-state index in [2.05, 4.69) is 11.7 Å². The Hall–Kier alpha value is -1.12. The highest BCUT2D eigenvalue weighted by Gasteiger charge is 2.39. The Bertz CT molecular complexity index is 319. The molecule has 1 rings (SSSR count). The van der Waals surface area contributed by atoms with Gasteiger partial charge in [0, 0.05) is 0 Å². The van der Waals surface area contributed by atoms with Gasteiger partial charge in [-0.25, -0.2) is 0 Å². The van der Waals surface area contributed by atoms with Crippen LogP contribution in [0.5, 0.6) is 0 Å². The third kappa shape index (κ3) is 8.03. The van der Waals surface area contributed by atoms with Crippen molar-refractivity contribution in [3.63, 3.8) is 0 Å². The molecule has 3 nitrogen and oxygen atoms in total. The largest absolute Gasteiger partial charge is 0.391 e. The standard InChI is InChI=1S/C18H30O3/c1-2-3-4-5-6-7-8-9-10-11-12-13-14-15-16-17(19)21-18(16)20/h14-16H,2-13H2,1H3/b15-14-. The number of carbonyl (C=O) groups excluding carboxylic acids is 2. The highest BCUT2D eigenvalue weighted by atomic mass is 16.6. The van der Waals surface area contributed by atoms with Gasteiger partial charge in [-0.15, -0.1) is 0 Å². The lowest BCUT2D eigenvalue weighted by Crippen LogP contribution is -2.39. The van der Waals surface area contributed by atoms with Gasteiger partial charge < -0.3 is 4.74 Å². The molecule has 1 heterocycles. The van der Waals surface area contributed by atoms with Crippen LogP contribution in [0.25, 0.3) is 0 Å². The second-order valence-electron chi connectivity index (χ2n) is 5.97. The van der Waals surface area contributed by atoms with Crippen LogP contribution in [0.3, 0.4) is 0 Å². The average molecular weight is 294 g/mol. The molecule has 0 bridgehead atoms. The Morgan fingerprint density at radius 1 is 0.810 bits per heavy atom. The maximum atomic E-state index is 10.9. The summed E-state index contributed by atoms with van der Waals surface area (Å²) < 4.78 is 4.29. The van der Waals surface area contributed by atoms with Crippen molar-refractivity contribution < 1.29 is 14.3 Å². The number of unbranched alkanes of at least 4 members (excludes halogenated alkanes) is 11. The number of rotatable bonds is 13. The van der Waals surface area contributed by atoms with Crippen LogP contribution in [0, 0.1) is 5.92 Å². The van der Waals surface area contributed by atoms with Crippen molar-refractivity contribution in [1.29, 1.82) is 0 Å². The van der Waals surface area contributed by atoms with Crippen LogP contribution >= 0.6 is 0 Å². The van der Waals surface area contributed by atoms with Crippen LogP contribution in [0.1, 0.15) is 84.0 Å². The highest BCUT2D eigenvalue weighted by molar-refractivity contribution is 6.11. The molecule has 1 aliphatic rings. The molecule has 0 atom stereocenters. The van der Waals surface area contributed by atoms with Crippen molar-refractivity contribution in [1.82, 2.24) is 0 Å². The topological polar surface area (TPSA) is 43.4 Å². The van der Waals surface area contributed by atoms with Crippen LogP contribution in [-0.2, 0) is 14.3 Å². The summed E-state index contributed by atoms with van der Waals surface area (Å²) in [6.45, 7) is 2.25. The zero-order chi connectivity index (χ0) is 15.3. The number of ether oxygens (including phenoxy) is 1. The maximum absolute atomic E-state index is 10.9. The molecule has 1 fully saturated rings. The summed E-state index contributed by atoms with van der Waals surface area (Å²) in [5.74, 6) is -1.43. The molecule has 21 heavy (non-hydrogen) atoms. The molecular formula is C18H30O3. The summed E-state index contributed by atoms with van der Waals surface area (Å²) >= 11 is 0. The smallest absolute Gasteiger partial charge is 0.331 e. The van der Waals surface area contributed by atoms with Crippen LogP contribution in [0.2, 0.25) is 0 Å². The SMILES string of the molecule is CCCCCCCCCCCCC/C=C\C1C(=O)OC1=O. The molecule has 0 aromatic heterocycles. The van der Waals surface area contributed by atoms with Crippen molar-refractivity contribution in [2.75, 3.05) is 0 Å². The van der Waals surface area contributed by atoms with Gasteiger partial charge in [-0.05, 0) is 12.8 Å². The molecule has 3 heteroatoms. The van der Waals surface area contributed by atoms with E-state index in [0.717, 1.165) is 12.8 Å². The van der Waals surface area contributed by atoms with Gasteiger partial charge >= 0.3 is 11.9 Å². The highest BCUT2D eigenvalue weighted by Crippen LogP contribution is 2.17. The minimum atomic E-state index is -0.613. The Morgan fingerprint density at radius 3 is 1.76 bits per heavy atom. The molecule has 0 aromatic carbocycles. The van der Waals surface area contributed by atoms with Gasteiger partial charge in [0.25, 0.3) is 0 Å². The lowest BCUT2D eigenvalue weighted by molar-refractivity contribution is -0.180. The predicted molar refractivity (Wildman–Crippen MR) is 84.8 cm³/mol. The summed E-state index contributed by atoms with van der Waals surface area (Å²) in [5, 5.41) is 0. The average Bonchev–Trinajstić information content (AvgIpc) is 2.47. The molecule has 0 radical (unpaired) electrons. The third-order valence-corrected chi connectivity index (χ3v) is 4.01. The number of allylic oxidation sites excluding steroid dienone is 1. The molecule has 120 valence electrons. The second kappa shape index (κ2) is 11.5. The van der Waals surface area contributed by atoms with Crippen LogP contribution in [0.4, 0.5) is 0 Å².